The summed E-state index contributed by atoms with van der Waals surface area (Å²) >= 11 is 0. The lowest BCUT2D eigenvalue weighted by molar-refractivity contribution is 0.0596. The fourth-order valence-corrected chi connectivity index (χ4v) is 4.30. The number of anilines is 1. The van der Waals surface area contributed by atoms with Gasteiger partial charge in [-0.05, 0) is 30.3 Å². The number of carbonyl (C=O) groups is 1. The number of carbonyl (C=O) groups excluding carboxylic acids is 1. The molecule has 140 valence electrons. The topological polar surface area (TPSA) is 127 Å². The molecule has 0 saturated carbocycles. The van der Waals surface area contributed by atoms with Gasteiger partial charge < -0.3 is 9.84 Å². The Morgan fingerprint density at radius 3 is 2.38 bits per heavy atom. The molecule has 0 spiro atoms. The third-order valence-corrected chi connectivity index (χ3v) is 6.69. The van der Waals surface area contributed by atoms with Gasteiger partial charge in [0.15, 0.2) is 9.84 Å². The molecule has 0 saturated heterocycles. The lowest BCUT2D eigenvalue weighted by Gasteiger charge is -2.13. The molecule has 8 nitrogen and oxygen atoms in total. The molecule has 26 heavy (non-hydrogen) atoms. The number of phenols is 1. The SMILES string of the molecule is CCS(=O)(=O)c1ccc(O)c(NS(=O)(=O)c2ccccc2C(=O)OC)c1. The summed E-state index contributed by atoms with van der Waals surface area (Å²) < 4.78 is 55.9. The zero-order valence-corrected chi connectivity index (χ0v) is 15.6. The van der Waals surface area contributed by atoms with Crippen LogP contribution >= 0.6 is 0 Å². The van der Waals surface area contributed by atoms with Crippen LogP contribution < -0.4 is 4.72 Å². The van der Waals surface area contributed by atoms with Crippen molar-refractivity contribution in [3.8, 4) is 5.75 Å². The first-order valence-corrected chi connectivity index (χ1v) is 10.5. The van der Waals surface area contributed by atoms with E-state index in [2.05, 4.69) is 9.46 Å². The molecule has 0 heterocycles. The highest BCUT2D eigenvalue weighted by molar-refractivity contribution is 7.93. The molecule has 10 heteroatoms. The molecule has 0 aromatic heterocycles. The maximum absolute atomic E-state index is 12.6. The van der Waals surface area contributed by atoms with Crippen LogP contribution in [0.15, 0.2) is 52.3 Å². The van der Waals surface area contributed by atoms with Crippen LogP contribution in [0.1, 0.15) is 17.3 Å². The number of methoxy groups -OCH3 is 1. The van der Waals surface area contributed by atoms with Gasteiger partial charge in [-0.1, -0.05) is 19.1 Å². The maximum atomic E-state index is 12.6. The van der Waals surface area contributed by atoms with E-state index in [0.717, 1.165) is 19.2 Å². The first-order chi connectivity index (χ1) is 12.1. The summed E-state index contributed by atoms with van der Waals surface area (Å²) in [5.41, 5.74) is -0.515. The first kappa shape index (κ1) is 19.7. The fourth-order valence-electron chi connectivity index (χ4n) is 2.14. The number of nitrogens with one attached hydrogen (secondary N) is 1. The third-order valence-electron chi connectivity index (χ3n) is 3.53. The second kappa shape index (κ2) is 7.34. The van der Waals surface area contributed by atoms with E-state index in [-0.39, 0.29) is 26.8 Å². The molecule has 0 bridgehead atoms. The Morgan fingerprint density at radius 2 is 1.77 bits per heavy atom. The lowest BCUT2D eigenvalue weighted by Crippen LogP contribution is -2.18. The van der Waals surface area contributed by atoms with Crippen molar-refractivity contribution in [2.24, 2.45) is 0 Å². The van der Waals surface area contributed by atoms with E-state index in [1.807, 2.05) is 0 Å². The molecule has 0 amide bonds. The van der Waals surface area contributed by atoms with E-state index in [9.17, 15) is 26.7 Å². The van der Waals surface area contributed by atoms with Crippen molar-refractivity contribution in [2.45, 2.75) is 16.7 Å². The third kappa shape index (κ3) is 3.97. The Kier molecular flexibility index (Phi) is 5.57. The van der Waals surface area contributed by atoms with Gasteiger partial charge in [0, 0.05) is 0 Å². The van der Waals surface area contributed by atoms with Crippen LogP contribution in [-0.4, -0.2) is 40.8 Å². The van der Waals surface area contributed by atoms with Crippen LogP contribution in [0.2, 0.25) is 0 Å². The Morgan fingerprint density at radius 1 is 1.12 bits per heavy atom. The predicted octanol–water partition coefficient (Wildman–Crippen LogP) is 1.77. The number of benzene rings is 2. The summed E-state index contributed by atoms with van der Waals surface area (Å²) in [6.07, 6.45) is 0. The molecular formula is C16H17NO7S2. The molecule has 2 N–H and O–H groups in total. The first-order valence-electron chi connectivity index (χ1n) is 7.38. The zero-order chi connectivity index (χ0) is 19.5. The lowest BCUT2D eigenvalue weighted by atomic mass is 10.2. The standard InChI is InChI=1S/C16H17NO7S2/c1-3-25(20,21)11-8-9-14(18)13(10-11)17-26(22,23)15-7-5-4-6-12(15)16(19)24-2/h4-10,17-18H,3H2,1-2H3. The van der Waals surface area contributed by atoms with Crippen molar-refractivity contribution in [3.05, 3.63) is 48.0 Å². The van der Waals surface area contributed by atoms with Crippen molar-refractivity contribution in [3.63, 3.8) is 0 Å². The van der Waals surface area contributed by atoms with Crippen LogP contribution in [0, 0.1) is 0 Å². The molecule has 0 fully saturated rings. The van der Waals surface area contributed by atoms with Gasteiger partial charge in [0.05, 0.1) is 29.0 Å². The van der Waals surface area contributed by atoms with Gasteiger partial charge in [-0.2, -0.15) is 0 Å². The van der Waals surface area contributed by atoms with Crippen LogP contribution in [0.25, 0.3) is 0 Å². The highest BCUT2D eigenvalue weighted by Crippen LogP contribution is 2.30. The van der Waals surface area contributed by atoms with Crippen LogP contribution in [0.4, 0.5) is 5.69 Å². The summed E-state index contributed by atoms with van der Waals surface area (Å²) in [6.45, 7) is 1.44. The van der Waals surface area contributed by atoms with Gasteiger partial charge in [-0.15, -0.1) is 0 Å². The maximum Gasteiger partial charge on any atom is 0.339 e. The average molecular weight is 399 g/mol. The molecule has 0 aliphatic carbocycles. The van der Waals surface area contributed by atoms with E-state index < -0.39 is 31.6 Å². The highest BCUT2D eigenvalue weighted by atomic mass is 32.2. The Labute approximate surface area is 151 Å². The molecule has 0 unspecified atom stereocenters. The van der Waals surface area contributed by atoms with Gasteiger partial charge in [0.25, 0.3) is 10.0 Å². The normalized spacial score (nSPS) is 11.8. The van der Waals surface area contributed by atoms with E-state index in [4.69, 9.17) is 0 Å². The summed E-state index contributed by atoms with van der Waals surface area (Å²) in [4.78, 5) is 11.3. The minimum atomic E-state index is -4.30. The largest absolute Gasteiger partial charge is 0.506 e. The molecule has 0 atom stereocenters. The van der Waals surface area contributed by atoms with Crippen molar-refractivity contribution < 1.29 is 31.5 Å². The van der Waals surface area contributed by atoms with Gasteiger partial charge in [-0.3, -0.25) is 4.72 Å². The number of rotatable bonds is 6. The quantitative estimate of drug-likeness (QED) is 0.560. The number of ether oxygens (including phenoxy) is 1. The molecular weight excluding hydrogens is 382 g/mol. The summed E-state index contributed by atoms with van der Waals surface area (Å²) in [6, 6.07) is 8.62. The second-order valence-electron chi connectivity index (χ2n) is 5.18. The summed E-state index contributed by atoms with van der Waals surface area (Å²) in [7, 11) is -6.78. The average Bonchev–Trinajstić information content (AvgIpc) is 2.62. The molecule has 0 aliphatic heterocycles. The van der Waals surface area contributed by atoms with Crippen molar-refractivity contribution >= 4 is 31.5 Å². The van der Waals surface area contributed by atoms with E-state index in [0.29, 0.717) is 0 Å². The number of sulfonamides is 1. The number of aromatic hydroxyl groups is 1. The number of hydrogen-bond acceptors (Lipinski definition) is 7. The summed E-state index contributed by atoms with van der Waals surface area (Å²) in [5.74, 6) is -1.49. The summed E-state index contributed by atoms with van der Waals surface area (Å²) in [5, 5.41) is 9.89. The van der Waals surface area contributed by atoms with Crippen molar-refractivity contribution in [2.75, 3.05) is 17.6 Å². The number of esters is 1. The fraction of sp³-hybridized carbons (Fsp3) is 0.188. The van der Waals surface area contributed by atoms with Gasteiger partial charge in [-0.25, -0.2) is 21.6 Å². The van der Waals surface area contributed by atoms with E-state index >= 15 is 0 Å². The predicted molar refractivity (Wildman–Crippen MR) is 94.4 cm³/mol. The van der Waals surface area contributed by atoms with Gasteiger partial charge in [0.1, 0.15) is 10.6 Å². The highest BCUT2D eigenvalue weighted by Gasteiger charge is 2.24. The zero-order valence-electron chi connectivity index (χ0n) is 14.0. The molecule has 2 aromatic rings. The Bertz CT molecular complexity index is 1040. The second-order valence-corrected chi connectivity index (χ2v) is 9.10. The van der Waals surface area contributed by atoms with Crippen LogP contribution in [0.3, 0.4) is 0 Å². The van der Waals surface area contributed by atoms with Crippen molar-refractivity contribution in [1.82, 2.24) is 0 Å². The van der Waals surface area contributed by atoms with E-state index in [1.165, 1.54) is 37.3 Å². The Balaban J connectivity index is 2.52. The number of hydrogen-bond donors (Lipinski definition) is 2. The van der Waals surface area contributed by atoms with E-state index in [1.54, 1.807) is 0 Å². The Hall–Kier alpha value is -2.59. The van der Waals surface area contributed by atoms with Gasteiger partial charge >= 0.3 is 5.97 Å². The molecule has 0 aliphatic rings. The van der Waals surface area contributed by atoms with Crippen LogP contribution in [0.5, 0.6) is 5.75 Å². The molecule has 2 aromatic carbocycles. The minimum Gasteiger partial charge on any atom is -0.506 e. The molecule has 2 rings (SSSR count). The van der Waals surface area contributed by atoms with Crippen LogP contribution in [-0.2, 0) is 24.6 Å². The molecule has 0 radical (unpaired) electrons. The number of phenolic OH excluding ortho intramolecular Hbond substituents is 1. The monoisotopic (exact) mass is 399 g/mol. The van der Waals surface area contributed by atoms with Gasteiger partial charge in [0.2, 0.25) is 0 Å². The smallest absolute Gasteiger partial charge is 0.339 e. The number of sulfone groups is 1. The minimum absolute atomic E-state index is 0.142. The van der Waals surface area contributed by atoms with Crippen molar-refractivity contribution in [1.29, 1.82) is 0 Å².